The number of benzene rings is 1. The molecule has 4 aliphatic rings. The highest BCUT2D eigenvalue weighted by atomic mass is 127. The minimum atomic E-state index is -4.38. The molecule has 0 saturated heterocycles. The van der Waals surface area contributed by atoms with Gasteiger partial charge in [0, 0.05) is 32.0 Å². The Hall–Kier alpha value is -1.19. The van der Waals surface area contributed by atoms with Crippen molar-refractivity contribution in [2.24, 2.45) is 5.41 Å². The van der Waals surface area contributed by atoms with E-state index in [1.54, 1.807) is 12.1 Å². The van der Waals surface area contributed by atoms with Crippen molar-refractivity contribution in [3.8, 4) is 0 Å². The molecule has 2 heterocycles. The van der Waals surface area contributed by atoms with Crippen molar-refractivity contribution < 1.29 is 23.0 Å². The Morgan fingerprint density at radius 2 is 1.80 bits per heavy atom. The van der Waals surface area contributed by atoms with Gasteiger partial charge in [0.25, 0.3) is 0 Å². The minimum absolute atomic E-state index is 0.134. The Morgan fingerprint density at radius 1 is 1.09 bits per heavy atom. The highest BCUT2D eigenvalue weighted by Crippen LogP contribution is 2.62. The zero-order chi connectivity index (χ0) is 24.8. The van der Waals surface area contributed by atoms with Crippen LogP contribution < -0.4 is 0 Å². The largest absolute Gasteiger partial charge is 0.416 e. The number of hydrogen-bond donors (Lipinski definition) is 1. The van der Waals surface area contributed by atoms with Crippen molar-refractivity contribution in [3.63, 3.8) is 0 Å². The van der Waals surface area contributed by atoms with Gasteiger partial charge in [-0.2, -0.15) is 13.2 Å². The highest BCUT2D eigenvalue weighted by Gasteiger charge is 2.57. The van der Waals surface area contributed by atoms with Gasteiger partial charge in [0.15, 0.2) is 0 Å². The van der Waals surface area contributed by atoms with Crippen molar-refractivity contribution in [2.75, 3.05) is 0 Å². The molecule has 2 fully saturated rings. The number of aromatic nitrogens is 1. The fourth-order valence-corrected chi connectivity index (χ4v) is 8.30. The maximum atomic E-state index is 13.3. The number of hydrogen-bond acceptors (Lipinski definition) is 3. The van der Waals surface area contributed by atoms with Crippen LogP contribution in [0.3, 0.4) is 0 Å². The molecule has 1 aromatic carbocycles. The topological polar surface area (TPSA) is 42.4 Å². The molecule has 2 unspecified atom stereocenters. The van der Waals surface area contributed by atoms with E-state index in [1.165, 1.54) is 6.42 Å². The summed E-state index contributed by atoms with van der Waals surface area (Å²) < 4.78 is 47.0. The van der Waals surface area contributed by atoms with Gasteiger partial charge in [0.2, 0.25) is 0 Å². The average molecular weight is 597 g/mol. The summed E-state index contributed by atoms with van der Waals surface area (Å²) in [5, 5.41) is 11.5. The van der Waals surface area contributed by atoms with Crippen LogP contribution in [0, 0.1) is 5.41 Å². The molecule has 3 aliphatic carbocycles. The number of aliphatic hydroxyl groups is 1. The summed E-state index contributed by atoms with van der Waals surface area (Å²) in [6, 6.07) is 5.40. The Labute approximate surface area is 218 Å². The van der Waals surface area contributed by atoms with Crippen molar-refractivity contribution in [1.82, 2.24) is 4.98 Å². The van der Waals surface area contributed by atoms with Crippen LogP contribution >= 0.6 is 22.6 Å². The molecule has 0 bridgehead atoms. The molecule has 0 amide bonds. The Bertz CT molecular complexity index is 1160. The summed E-state index contributed by atoms with van der Waals surface area (Å²) in [5.74, 6) is 0.134. The molecule has 188 valence electrons. The zero-order valence-corrected chi connectivity index (χ0v) is 22.2. The molecule has 0 radical (unpaired) electrons. The SMILES string of the molecule is CC(C)c1nc2c(c3c1[C@@H](c1ccc(C(F)(F)F)cc1)OC31CCCC1I)[C@@H](O)CC1(CCC1)C2. The number of aliphatic hydroxyl groups excluding tert-OH is 1. The number of nitrogens with zero attached hydrogens (tertiary/aromatic N) is 1. The van der Waals surface area contributed by atoms with Gasteiger partial charge in [-0.3, -0.25) is 4.98 Å². The molecule has 3 nitrogen and oxygen atoms in total. The predicted molar refractivity (Wildman–Crippen MR) is 136 cm³/mol. The first kappa shape index (κ1) is 24.2. The van der Waals surface area contributed by atoms with E-state index in [-0.39, 0.29) is 15.3 Å². The average Bonchev–Trinajstić information content (AvgIpc) is 3.32. The maximum Gasteiger partial charge on any atom is 0.416 e. The smallest absolute Gasteiger partial charge is 0.388 e. The summed E-state index contributed by atoms with van der Waals surface area (Å²) in [6.45, 7) is 4.25. The van der Waals surface area contributed by atoms with Gasteiger partial charge in [-0.05, 0) is 74.0 Å². The maximum absolute atomic E-state index is 13.3. The summed E-state index contributed by atoms with van der Waals surface area (Å²) in [4.78, 5) is 5.20. The van der Waals surface area contributed by atoms with Gasteiger partial charge < -0.3 is 9.84 Å². The van der Waals surface area contributed by atoms with Gasteiger partial charge in [0.05, 0.1) is 11.7 Å². The van der Waals surface area contributed by atoms with Gasteiger partial charge in [0.1, 0.15) is 11.7 Å². The summed E-state index contributed by atoms with van der Waals surface area (Å²) in [5.41, 5.74) is 4.75. The number of rotatable bonds is 2. The molecule has 6 rings (SSSR count). The summed E-state index contributed by atoms with van der Waals surface area (Å²) >= 11 is 2.49. The molecule has 2 aromatic rings. The fourth-order valence-electron chi connectivity index (χ4n) is 7.09. The van der Waals surface area contributed by atoms with E-state index in [2.05, 4.69) is 36.4 Å². The first-order valence-corrected chi connectivity index (χ1v) is 14.0. The lowest BCUT2D eigenvalue weighted by Crippen LogP contribution is -2.40. The molecule has 4 atom stereocenters. The molecule has 2 spiro atoms. The zero-order valence-electron chi connectivity index (χ0n) is 20.1. The third kappa shape index (κ3) is 3.62. The van der Waals surface area contributed by atoms with Crippen molar-refractivity contribution >= 4 is 22.6 Å². The molecule has 2 saturated carbocycles. The second-order valence-electron chi connectivity index (χ2n) is 11.4. The fraction of sp³-hybridized carbons (Fsp3) is 0.607. The highest BCUT2D eigenvalue weighted by molar-refractivity contribution is 14.1. The van der Waals surface area contributed by atoms with Gasteiger partial charge in [-0.25, -0.2) is 0 Å². The molecular formula is C28H31F3INO2. The van der Waals surface area contributed by atoms with Crippen LogP contribution in [0.15, 0.2) is 24.3 Å². The third-order valence-corrected chi connectivity index (χ3v) is 10.5. The van der Waals surface area contributed by atoms with Crippen LogP contribution in [0.25, 0.3) is 0 Å². The van der Waals surface area contributed by atoms with Crippen LogP contribution in [0.2, 0.25) is 0 Å². The first-order valence-electron chi connectivity index (χ1n) is 12.8. The number of alkyl halides is 4. The van der Waals surface area contributed by atoms with Crippen LogP contribution in [0.4, 0.5) is 13.2 Å². The quantitative estimate of drug-likeness (QED) is 0.285. The van der Waals surface area contributed by atoms with Crippen molar-refractivity contribution in [3.05, 3.63) is 63.5 Å². The molecule has 35 heavy (non-hydrogen) atoms. The molecule has 7 heteroatoms. The third-order valence-electron chi connectivity index (χ3n) is 8.91. The lowest BCUT2D eigenvalue weighted by atomic mass is 9.59. The van der Waals surface area contributed by atoms with Crippen LogP contribution in [-0.2, 0) is 22.9 Å². The van der Waals surface area contributed by atoms with Crippen molar-refractivity contribution in [2.45, 2.75) is 99.0 Å². The number of ether oxygens (including phenoxy) is 1. The van der Waals surface area contributed by atoms with E-state index in [1.807, 2.05) is 0 Å². The van der Waals surface area contributed by atoms with E-state index >= 15 is 0 Å². The molecule has 1 aromatic heterocycles. The molecule has 1 N–H and O–H groups in total. The van der Waals surface area contributed by atoms with Crippen molar-refractivity contribution in [1.29, 1.82) is 0 Å². The summed E-state index contributed by atoms with van der Waals surface area (Å²) in [6.07, 6.45) is 2.64. The second kappa shape index (κ2) is 8.15. The van der Waals surface area contributed by atoms with Gasteiger partial charge in [-0.15, -0.1) is 0 Å². The number of pyridine rings is 1. The summed E-state index contributed by atoms with van der Waals surface area (Å²) in [7, 11) is 0. The van der Waals surface area contributed by atoms with E-state index in [4.69, 9.17) is 9.72 Å². The lowest BCUT2D eigenvalue weighted by molar-refractivity contribution is -0.137. The number of fused-ring (bicyclic) bond motifs is 4. The second-order valence-corrected chi connectivity index (χ2v) is 12.9. The van der Waals surface area contributed by atoms with Gasteiger partial charge >= 0.3 is 6.18 Å². The van der Waals surface area contributed by atoms with Gasteiger partial charge in [-0.1, -0.05) is 55.0 Å². The predicted octanol–water partition coefficient (Wildman–Crippen LogP) is 7.68. The minimum Gasteiger partial charge on any atom is -0.388 e. The normalized spacial score (nSPS) is 31.1. The first-order chi connectivity index (χ1) is 16.5. The van der Waals surface area contributed by atoms with E-state index < -0.39 is 29.5 Å². The number of halogens is 4. The standard InChI is InChI=1S/C28H31F3INO2/c1-15(2)24-22-23(21-18(33-24)13-26(10-4-11-26)14-19(21)34)27(12-3-5-20(27)32)35-25(22)16-6-8-17(9-7-16)28(29,30)31/h6-9,15,19-20,25,34H,3-5,10-14H2,1-2H3/t19-,20?,25+,27?/m0/s1. The van der Waals surface area contributed by atoms with Crippen LogP contribution in [-0.4, -0.2) is 14.0 Å². The molecule has 1 aliphatic heterocycles. The van der Waals surface area contributed by atoms with E-state index in [0.717, 1.165) is 90.7 Å². The molecular weight excluding hydrogens is 566 g/mol. The van der Waals surface area contributed by atoms with Crippen LogP contribution in [0.5, 0.6) is 0 Å². The Balaban J connectivity index is 1.57. The van der Waals surface area contributed by atoms with Crippen LogP contribution in [0.1, 0.15) is 116 Å². The van der Waals surface area contributed by atoms with E-state index in [0.29, 0.717) is 0 Å². The Morgan fingerprint density at radius 3 is 2.34 bits per heavy atom. The lowest BCUT2D eigenvalue weighted by Gasteiger charge is -2.48. The van der Waals surface area contributed by atoms with E-state index in [9.17, 15) is 18.3 Å². The Kier molecular flexibility index (Phi) is 5.63. The monoisotopic (exact) mass is 597 g/mol.